The van der Waals surface area contributed by atoms with Gasteiger partial charge in [0.1, 0.15) is 17.2 Å². The lowest BCUT2D eigenvalue weighted by atomic mass is 10.1. The smallest absolute Gasteiger partial charge is 0.257 e. The lowest BCUT2D eigenvalue weighted by Crippen LogP contribution is -2.17. The summed E-state index contributed by atoms with van der Waals surface area (Å²) in [5, 5.41) is 7.61. The van der Waals surface area contributed by atoms with Gasteiger partial charge in [0.15, 0.2) is 5.13 Å². The molecule has 2 amide bonds. The van der Waals surface area contributed by atoms with Gasteiger partial charge in [-0.25, -0.2) is 4.98 Å². The van der Waals surface area contributed by atoms with Crippen LogP contribution in [0.15, 0.2) is 54.0 Å². The predicted molar refractivity (Wildman–Crippen MR) is 112 cm³/mol. The van der Waals surface area contributed by atoms with Gasteiger partial charge in [0.05, 0.1) is 6.10 Å². The summed E-state index contributed by atoms with van der Waals surface area (Å²) in [5.41, 5.74) is 0.913. The Hall–Kier alpha value is -3.39. The molecule has 0 saturated heterocycles. The summed E-state index contributed by atoms with van der Waals surface area (Å²) in [4.78, 5) is 28.3. The number of nitrogens with zero attached hydrogens (tertiary/aromatic N) is 1. The molecule has 0 fully saturated rings. The van der Waals surface area contributed by atoms with Crippen molar-refractivity contribution < 1.29 is 19.1 Å². The fourth-order valence-corrected chi connectivity index (χ4v) is 3.04. The number of aromatic nitrogens is 1. The SMILES string of the molecule is CNC(=O)c1ccc(Oc2cc(OC(C)C)cc(C(=O)Nc3nccs3)c2)cc1. The second-order valence-electron chi connectivity index (χ2n) is 6.36. The first kappa shape index (κ1) is 20.3. The molecule has 0 aliphatic carbocycles. The number of rotatable bonds is 7. The first-order valence-electron chi connectivity index (χ1n) is 8.97. The summed E-state index contributed by atoms with van der Waals surface area (Å²) in [5.74, 6) is 1.01. The number of hydrogen-bond acceptors (Lipinski definition) is 6. The van der Waals surface area contributed by atoms with Crippen LogP contribution in [0.5, 0.6) is 17.2 Å². The van der Waals surface area contributed by atoms with Crippen molar-refractivity contribution in [1.82, 2.24) is 10.3 Å². The first-order chi connectivity index (χ1) is 13.9. The summed E-state index contributed by atoms with van der Waals surface area (Å²) >= 11 is 1.33. The zero-order chi connectivity index (χ0) is 20.8. The molecule has 3 aromatic rings. The van der Waals surface area contributed by atoms with Gasteiger partial charge in [-0.2, -0.15) is 0 Å². The normalized spacial score (nSPS) is 10.5. The number of nitrogens with one attached hydrogen (secondary N) is 2. The van der Waals surface area contributed by atoms with Crippen molar-refractivity contribution in [2.75, 3.05) is 12.4 Å². The average Bonchev–Trinajstić information content (AvgIpc) is 3.20. The number of thiazole rings is 1. The molecule has 0 unspecified atom stereocenters. The first-order valence-corrected chi connectivity index (χ1v) is 9.85. The van der Waals surface area contributed by atoms with Gasteiger partial charge in [0.25, 0.3) is 11.8 Å². The Balaban J connectivity index is 1.84. The van der Waals surface area contributed by atoms with Crippen LogP contribution >= 0.6 is 11.3 Å². The molecule has 150 valence electrons. The summed E-state index contributed by atoms with van der Waals surface area (Å²) < 4.78 is 11.6. The minimum Gasteiger partial charge on any atom is -0.491 e. The summed E-state index contributed by atoms with van der Waals surface area (Å²) in [7, 11) is 1.57. The molecule has 1 aromatic heterocycles. The molecule has 2 N–H and O–H groups in total. The fraction of sp³-hybridized carbons (Fsp3) is 0.190. The van der Waals surface area contributed by atoms with Crippen molar-refractivity contribution in [3.8, 4) is 17.2 Å². The standard InChI is InChI=1S/C21H21N3O4S/c1-13(2)27-17-10-15(20(26)24-21-23-8-9-29-21)11-18(12-17)28-16-6-4-14(5-7-16)19(25)22-3/h4-13H,1-3H3,(H,22,25)(H,23,24,26). The average molecular weight is 411 g/mol. The van der Waals surface area contributed by atoms with E-state index in [9.17, 15) is 9.59 Å². The number of carbonyl (C=O) groups excluding carboxylic acids is 2. The highest BCUT2D eigenvalue weighted by molar-refractivity contribution is 7.13. The van der Waals surface area contributed by atoms with Crippen LogP contribution in [0.1, 0.15) is 34.6 Å². The molecule has 0 atom stereocenters. The number of carbonyl (C=O) groups is 2. The maximum Gasteiger partial charge on any atom is 0.257 e. The highest BCUT2D eigenvalue weighted by Gasteiger charge is 2.13. The molecular formula is C21H21N3O4S. The third-order valence-corrected chi connectivity index (χ3v) is 4.43. The molecule has 8 heteroatoms. The Morgan fingerprint density at radius 3 is 2.31 bits per heavy atom. The predicted octanol–water partition coefficient (Wildman–Crippen LogP) is 4.33. The molecule has 1 heterocycles. The van der Waals surface area contributed by atoms with Crippen LogP contribution in [0.3, 0.4) is 0 Å². The van der Waals surface area contributed by atoms with Crippen molar-refractivity contribution in [2.45, 2.75) is 20.0 Å². The van der Waals surface area contributed by atoms with Gasteiger partial charge in [-0.05, 0) is 50.2 Å². The second-order valence-corrected chi connectivity index (χ2v) is 7.25. The largest absolute Gasteiger partial charge is 0.491 e. The van der Waals surface area contributed by atoms with Crippen LogP contribution < -0.4 is 20.1 Å². The molecule has 0 aliphatic rings. The van der Waals surface area contributed by atoms with Gasteiger partial charge in [-0.1, -0.05) is 0 Å². The van der Waals surface area contributed by atoms with E-state index in [1.54, 1.807) is 61.1 Å². The van der Waals surface area contributed by atoms with Crippen LogP contribution in [0.4, 0.5) is 5.13 Å². The number of amides is 2. The molecule has 0 bridgehead atoms. The van der Waals surface area contributed by atoms with Crippen molar-refractivity contribution in [2.24, 2.45) is 0 Å². The zero-order valence-electron chi connectivity index (χ0n) is 16.3. The summed E-state index contributed by atoms with van der Waals surface area (Å²) in [6.45, 7) is 3.81. The van der Waals surface area contributed by atoms with Crippen molar-refractivity contribution in [1.29, 1.82) is 0 Å². The third kappa shape index (κ3) is 5.55. The van der Waals surface area contributed by atoms with Crippen LogP contribution in [0.2, 0.25) is 0 Å². The fourth-order valence-electron chi connectivity index (χ4n) is 2.51. The molecule has 0 radical (unpaired) electrons. The van der Waals surface area contributed by atoms with E-state index < -0.39 is 0 Å². The van der Waals surface area contributed by atoms with E-state index >= 15 is 0 Å². The number of anilines is 1. The highest BCUT2D eigenvalue weighted by Crippen LogP contribution is 2.29. The van der Waals surface area contributed by atoms with Gasteiger partial charge >= 0.3 is 0 Å². The number of ether oxygens (including phenoxy) is 2. The summed E-state index contributed by atoms with van der Waals surface area (Å²) in [6.07, 6.45) is 1.56. The van der Waals surface area contributed by atoms with E-state index in [4.69, 9.17) is 9.47 Å². The van der Waals surface area contributed by atoms with Gasteiger partial charge in [0.2, 0.25) is 0 Å². The maximum absolute atomic E-state index is 12.6. The lowest BCUT2D eigenvalue weighted by Gasteiger charge is -2.14. The van der Waals surface area contributed by atoms with Gasteiger partial charge in [-0.15, -0.1) is 11.3 Å². The monoisotopic (exact) mass is 411 g/mol. The highest BCUT2D eigenvalue weighted by atomic mass is 32.1. The van der Waals surface area contributed by atoms with Gasteiger partial charge in [0, 0.05) is 35.8 Å². The van der Waals surface area contributed by atoms with Crippen LogP contribution in [-0.4, -0.2) is 29.9 Å². The maximum atomic E-state index is 12.6. The Kier molecular flexibility index (Phi) is 6.46. The van der Waals surface area contributed by atoms with Crippen molar-refractivity contribution in [3.05, 3.63) is 65.2 Å². The van der Waals surface area contributed by atoms with Crippen molar-refractivity contribution >= 4 is 28.3 Å². The van der Waals surface area contributed by atoms with Crippen LogP contribution in [0, 0.1) is 0 Å². The third-order valence-electron chi connectivity index (χ3n) is 3.75. The Labute approximate surface area is 172 Å². The quantitative estimate of drug-likeness (QED) is 0.604. The van der Waals surface area contributed by atoms with E-state index in [-0.39, 0.29) is 17.9 Å². The molecular weight excluding hydrogens is 390 g/mol. The van der Waals surface area contributed by atoms with Crippen LogP contribution in [0.25, 0.3) is 0 Å². The van der Waals surface area contributed by atoms with Crippen LogP contribution in [-0.2, 0) is 0 Å². The zero-order valence-corrected chi connectivity index (χ0v) is 17.1. The molecule has 0 aliphatic heterocycles. The molecule has 2 aromatic carbocycles. The molecule has 0 saturated carbocycles. The second kappa shape index (κ2) is 9.20. The van der Waals surface area contributed by atoms with E-state index in [1.807, 2.05) is 13.8 Å². The van der Waals surface area contributed by atoms with Gasteiger partial charge < -0.3 is 14.8 Å². The van der Waals surface area contributed by atoms with E-state index in [0.717, 1.165) is 0 Å². The van der Waals surface area contributed by atoms with E-state index in [1.165, 1.54) is 11.3 Å². The summed E-state index contributed by atoms with van der Waals surface area (Å²) in [6, 6.07) is 11.7. The minimum absolute atomic E-state index is 0.0630. The molecule has 0 spiro atoms. The van der Waals surface area contributed by atoms with E-state index in [2.05, 4.69) is 15.6 Å². The minimum atomic E-state index is -0.311. The molecule has 3 rings (SSSR count). The Morgan fingerprint density at radius 2 is 1.69 bits per heavy atom. The van der Waals surface area contributed by atoms with E-state index in [0.29, 0.717) is 33.5 Å². The Bertz CT molecular complexity index is 986. The number of benzene rings is 2. The topological polar surface area (TPSA) is 89.5 Å². The van der Waals surface area contributed by atoms with Gasteiger partial charge in [-0.3, -0.25) is 14.9 Å². The Morgan fingerprint density at radius 1 is 0.966 bits per heavy atom. The molecule has 29 heavy (non-hydrogen) atoms. The number of hydrogen-bond donors (Lipinski definition) is 2. The molecule has 7 nitrogen and oxygen atoms in total. The lowest BCUT2D eigenvalue weighted by molar-refractivity contribution is 0.0962. The van der Waals surface area contributed by atoms with Crippen molar-refractivity contribution in [3.63, 3.8) is 0 Å².